The smallest absolute Gasteiger partial charge is 0.282 e. The van der Waals surface area contributed by atoms with Crippen LogP contribution < -0.4 is 0 Å². The first-order valence-electron chi connectivity index (χ1n) is 7.40. The lowest BCUT2D eigenvalue weighted by molar-refractivity contribution is 0.354. The van der Waals surface area contributed by atoms with Crippen molar-refractivity contribution in [3.05, 3.63) is 42.1 Å². The third-order valence-electron chi connectivity index (χ3n) is 4.04. The zero-order chi connectivity index (χ0) is 16.6. The van der Waals surface area contributed by atoms with Crippen molar-refractivity contribution in [2.24, 2.45) is 0 Å². The van der Waals surface area contributed by atoms with Crippen LogP contribution in [0.5, 0.6) is 0 Å². The number of benzene rings is 1. The van der Waals surface area contributed by atoms with Gasteiger partial charge in [-0.2, -0.15) is 17.0 Å². The summed E-state index contributed by atoms with van der Waals surface area (Å²) in [6.07, 6.45) is 3.01. The molecule has 1 saturated heterocycles. The summed E-state index contributed by atoms with van der Waals surface area (Å²) >= 11 is 0. The summed E-state index contributed by atoms with van der Waals surface area (Å²) in [7, 11) is -0.482. The normalized spacial score (nSPS) is 19.6. The lowest BCUT2D eigenvalue weighted by atomic mass is 10.1. The number of halogens is 1. The molecular formula is C15H19FN4O2S. The number of aromatic nitrogens is 2. The Balaban J connectivity index is 1.93. The number of nitrogens with one attached hydrogen (secondary N) is 1. The first-order valence-corrected chi connectivity index (χ1v) is 8.80. The molecule has 1 unspecified atom stereocenters. The van der Waals surface area contributed by atoms with E-state index in [4.69, 9.17) is 0 Å². The van der Waals surface area contributed by atoms with Crippen LogP contribution in [0.2, 0.25) is 0 Å². The molecule has 3 rings (SSSR count). The Morgan fingerprint density at radius 3 is 2.78 bits per heavy atom. The van der Waals surface area contributed by atoms with E-state index >= 15 is 0 Å². The minimum absolute atomic E-state index is 0.341. The molecule has 1 fully saturated rings. The van der Waals surface area contributed by atoms with Crippen molar-refractivity contribution in [2.75, 3.05) is 20.6 Å². The van der Waals surface area contributed by atoms with E-state index in [9.17, 15) is 12.8 Å². The van der Waals surface area contributed by atoms with Gasteiger partial charge in [-0.3, -0.25) is 0 Å². The van der Waals surface area contributed by atoms with E-state index in [1.165, 1.54) is 28.8 Å². The van der Waals surface area contributed by atoms with Crippen LogP contribution in [-0.4, -0.2) is 47.6 Å². The van der Waals surface area contributed by atoms with Gasteiger partial charge in [-0.05, 0) is 25.0 Å². The molecule has 0 bridgehead atoms. The molecule has 2 heterocycles. The summed E-state index contributed by atoms with van der Waals surface area (Å²) < 4.78 is 41.3. The predicted octanol–water partition coefficient (Wildman–Crippen LogP) is 2.16. The number of hydrogen-bond acceptors (Lipinski definition) is 3. The third-order valence-corrected chi connectivity index (χ3v) is 5.99. The van der Waals surface area contributed by atoms with Crippen LogP contribution in [-0.2, 0) is 10.2 Å². The Morgan fingerprint density at radius 1 is 1.35 bits per heavy atom. The van der Waals surface area contributed by atoms with Crippen molar-refractivity contribution in [3.8, 4) is 11.3 Å². The average Bonchev–Trinajstić information content (AvgIpc) is 3.16. The molecule has 0 amide bonds. The van der Waals surface area contributed by atoms with E-state index in [0.29, 0.717) is 30.0 Å². The Morgan fingerprint density at radius 2 is 2.09 bits per heavy atom. The van der Waals surface area contributed by atoms with Crippen LogP contribution in [0.25, 0.3) is 11.3 Å². The van der Waals surface area contributed by atoms with Crippen LogP contribution >= 0.6 is 0 Å². The van der Waals surface area contributed by atoms with Crippen LogP contribution in [0.1, 0.15) is 24.7 Å². The number of hydrogen-bond donors (Lipinski definition) is 1. The third kappa shape index (κ3) is 2.89. The van der Waals surface area contributed by atoms with Gasteiger partial charge in [-0.15, -0.1) is 0 Å². The largest absolute Gasteiger partial charge is 0.341 e. The van der Waals surface area contributed by atoms with Crippen molar-refractivity contribution >= 4 is 10.2 Å². The molecular weight excluding hydrogens is 319 g/mol. The standard InChI is InChI=1S/C15H19FN4O2S/c1-19(2)23(21,22)20-9-5-8-14(20)15-17-10-13(18-15)11-6-3-4-7-12(11)16/h3-4,6-7,10,14H,5,8-9H2,1-2H3,(H,17,18). The van der Waals surface area contributed by atoms with Gasteiger partial charge in [0, 0.05) is 26.2 Å². The summed E-state index contributed by atoms with van der Waals surface area (Å²) in [5.41, 5.74) is 0.971. The SMILES string of the molecule is CN(C)S(=O)(=O)N1CCCC1c1ncc(-c2ccccc2F)[nH]1. The number of rotatable bonds is 4. The Kier molecular flexibility index (Phi) is 4.22. The Labute approximate surface area is 135 Å². The minimum atomic E-state index is -3.50. The molecule has 1 N–H and O–H groups in total. The summed E-state index contributed by atoms with van der Waals surface area (Å²) in [5.74, 6) is 0.207. The molecule has 2 aromatic rings. The second-order valence-corrected chi connectivity index (χ2v) is 7.82. The molecule has 0 aliphatic carbocycles. The van der Waals surface area contributed by atoms with Crippen LogP contribution in [0.4, 0.5) is 4.39 Å². The monoisotopic (exact) mass is 338 g/mol. The highest BCUT2D eigenvalue weighted by Gasteiger charge is 2.38. The summed E-state index contributed by atoms with van der Waals surface area (Å²) in [6.45, 7) is 0.459. The maximum Gasteiger partial charge on any atom is 0.282 e. The predicted molar refractivity (Wildman–Crippen MR) is 85.3 cm³/mol. The first kappa shape index (κ1) is 16.1. The lowest BCUT2D eigenvalue weighted by Crippen LogP contribution is -2.39. The summed E-state index contributed by atoms with van der Waals surface area (Å²) in [4.78, 5) is 7.37. The first-order chi connectivity index (χ1) is 10.9. The molecule has 1 aromatic heterocycles. The van der Waals surface area contributed by atoms with Gasteiger partial charge in [-0.1, -0.05) is 12.1 Å². The van der Waals surface area contributed by atoms with E-state index in [2.05, 4.69) is 9.97 Å². The highest BCUT2D eigenvalue weighted by molar-refractivity contribution is 7.86. The fourth-order valence-corrected chi connectivity index (χ4v) is 4.13. The zero-order valence-corrected chi connectivity index (χ0v) is 13.8. The van der Waals surface area contributed by atoms with Crippen molar-refractivity contribution in [3.63, 3.8) is 0 Å². The maximum absolute atomic E-state index is 13.9. The number of aromatic amines is 1. The minimum Gasteiger partial charge on any atom is -0.341 e. The van der Waals surface area contributed by atoms with Crippen LogP contribution in [0, 0.1) is 5.82 Å². The van der Waals surface area contributed by atoms with Gasteiger partial charge in [0.15, 0.2) is 0 Å². The van der Waals surface area contributed by atoms with Gasteiger partial charge in [0.05, 0.1) is 17.9 Å². The van der Waals surface area contributed by atoms with Gasteiger partial charge in [0.1, 0.15) is 11.6 Å². The highest BCUT2D eigenvalue weighted by atomic mass is 32.2. The molecule has 1 atom stereocenters. The number of H-pyrrole nitrogens is 1. The average molecular weight is 338 g/mol. The Hall–Kier alpha value is -1.77. The van der Waals surface area contributed by atoms with Gasteiger partial charge < -0.3 is 4.98 Å². The van der Waals surface area contributed by atoms with Crippen molar-refractivity contribution in [1.82, 2.24) is 18.6 Å². The molecule has 0 spiro atoms. The van der Waals surface area contributed by atoms with E-state index in [1.807, 2.05) is 0 Å². The van der Waals surface area contributed by atoms with E-state index in [0.717, 1.165) is 6.42 Å². The molecule has 23 heavy (non-hydrogen) atoms. The summed E-state index contributed by atoms with van der Waals surface area (Å²) in [5, 5.41) is 0. The molecule has 1 aromatic carbocycles. The fraction of sp³-hybridized carbons (Fsp3) is 0.400. The van der Waals surface area contributed by atoms with E-state index in [1.54, 1.807) is 24.4 Å². The molecule has 8 heteroatoms. The second kappa shape index (κ2) is 6.03. The number of nitrogens with zero attached hydrogens (tertiary/aromatic N) is 3. The molecule has 6 nitrogen and oxygen atoms in total. The molecule has 0 radical (unpaired) electrons. The van der Waals surface area contributed by atoms with Gasteiger partial charge in [-0.25, -0.2) is 9.37 Å². The molecule has 124 valence electrons. The lowest BCUT2D eigenvalue weighted by Gasteiger charge is -2.25. The quantitative estimate of drug-likeness (QED) is 0.929. The zero-order valence-electron chi connectivity index (χ0n) is 13.0. The van der Waals surface area contributed by atoms with Crippen LogP contribution in [0.15, 0.2) is 30.5 Å². The summed E-state index contributed by atoms with van der Waals surface area (Å²) in [6, 6.07) is 6.07. The van der Waals surface area contributed by atoms with Crippen molar-refractivity contribution in [2.45, 2.75) is 18.9 Å². The molecule has 0 saturated carbocycles. The van der Waals surface area contributed by atoms with Gasteiger partial charge >= 0.3 is 0 Å². The van der Waals surface area contributed by atoms with Crippen LogP contribution in [0.3, 0.4) is 0 Å². The highest BCUT2D eigenvalue weighted by Crippen LogP contribution is 2.34. The second-order valence-electron chi connectivity index (χ2n) is 5.72. The van der Waals surface area contributed by atoms with Gasteiger partial charge in [0.2, 0.25) is 0 Å². The number of imidazole rings is 1. The fourth-order valence-electron chi connectivity index (χ4n) is 2.82. The topological polar surface area (TPSA) is 69.3 Å². The van der Waals surface area contributed by atoms with Gasteiger partial charge in [0.25, 0.3) is 10.2 Å². The van der Waals surface area contributed by atoms with E-state index < -0.39 is 10.2 Å². The Bertz CT molecular complexity index is 803. The van der Waals surface area contributed by atoms with E-state index in [-0.39, 0.29) is 11.9 Å². The maximum atomic E-state index is 13.9. The molecule has 1 aliphatic heterocycles. The van der Waals surface area contributed by atoms with Crippen molar-refractivity contribution in [1.29, 1.82) is 0 Å². The van der Waals surface area contributed by atoms with Crippen molar-refractivity contribution < 1.29 is 12.8 Å². The molecule has 1 aliphatic rings.